The van der Waals surface area contributed by atoms with E-state index in [2.05, 4.69) is 6.92 Å². The molecule has 5 rings (SSSR count). The maximum Gasteiger partial charge on any atom is 0.242 e. The zero-order valence-electron chi connectivity index (χ0n) is 19.2. The second kappa shape index (κ2) is 8.89. The molecular formula is C26H30N4O3. The Kier molecular flexibility index (Phi) is 5.79. The SMILES string of the molecule is COc1ccc(N2CC(c3nc4ccccc4n3CC(=O)N3CCCCC3C)CC2=O)cc1. The monoisotopic (exact) mass is 446 g/mol. The molecule has 2 atom stereocenters. The van der Waals surface area contributed by atoms with Crippen LogP contribution in [0.5, 0.6) is 5.75 Å². The molecular weight excluding hydrogens is 416 g/mol. The highest BCUT2D eigenvalue weighted by Gasteiger charge is 2.35. The van der Waals surface area contributed by atoms with Crippen molar-refractivity contribution in [1.82, 2.24) is 14.5 Å². The molecule has 7 nitrogen and oxygen atoms in total. The predicted octanol–water partition coefficient (Wildman–Crippen LogP) is 3.97. The number of rotatable bonds is 5. The van der Waals surface area contributed by atoms with Crippen LogP contribution in [0.3, 0.4) is 0 Å². The smallest absolute Gasteiger partial charge is 0.242 e. The number of anilines is 1. The summed E-state index contributed by atoms with van der Waals surface area (Å²) in [6.07, 6.45) is 3.66. The Labute approximate surface area is 193 Å². The van der Waals surface area contributed by atoms with Crippen molar-refractivity contribution in [3.63, 3.8) is 0 Å². The Morgan fingerprint density at radius 3 is 2.67 bits per heavy atom. The van der Waals surface area contributed by atoms with Gasteiger partial charge in [-0.05, 0) is 62.6 Å². The van der Waals surface area contributed by atoms with Gasteiger partial charge in [-0.2, -0.15) is 0 Å². The van der Waals surface area contributed by atoms with Crippen molar-refractivity contribution in [3.05, 3.63) is 54.4 Å². The van der Waals surface area contributed by atoms with Gasteiger partial charge in [0.05, 0.1) is 18.1 Å². The van der Waals surface area contributed by atoms with Crippen LogP contribution in [-0.2, 0) is 16.1 Å². The van der Waals surface area contributed by atoms with Gasteiger partial charge >= 0.3 is 0 Å². The van der Waals surface area contributed by atoms with E-state index in [4.69, 9.17) is 9.72 Å². The normalized spacial score (nSPS) is 21.1. The number of carbonyl (C=O) groups is 2. The van der Waals surface area contributed by atoms with Crippen molar-refractivity contribution >= 4 is 28.5 Å². The molecule has 0 spiro atoms. The molecule has 1 aromatic heterocycles. The fourth-order valence-electron chi connectivity index (χ4n) is 5.16. The topological polar surface area (TPSA) is 67.7 Å². The van der Waals surface area contributed by atoms with Gasteiger partial charge in [0.1, 0.15) is 18.1 Å². The number of imidazole rings is 1. The van der Waals surface area contributed by atoms with Crippen LogP contribution in [0.25, 0.3) is 11.0 Å². The number of methoxy groups -OCH3 is 1. The Bertz CT molecular complexity index is 1170. The molecule has 2 aromatic carbocycles. The summed E-state index contributed by atoms with van der Waals surface area (Å²) in [5.41, 5.74) is 2.66. The number of carbonyl (C=O) groups excluding carboxylic acids is 2. The average Bonchev–Trinajstić information content (AvgIpc) is 3.40. The van der Waals surface area contributed by atoms with E-state index >= 15 is 0 Å². The second-order valence-electron chi connectivity index (χ2n) is 9.08. The van der Waals surface area contributed by atoms with E-state index in [1.807, 2.05) is 62.9 Å². The molecule has 172 valence electrons. The van der Waals surface area contributed by atoms with Crippen LogP contribution in [0.4, 0.5) is 5.69 Å². The molecule has 2 fully saturated rings. The highest BCUT2D eigenvalue weighted by Crippen LogP contribution is 2.34. The Hall–Kier alpha value is -3.35. The number of nitrogens with zero attached hydrogens (tertiary/aromatic N) is 4. The molecule has 2 saturated heterocycles. The number of hydrogen-bond donors (Lipinski definition) is 0. The maximum absolute atomic E-state index is 13.3. The van der Waals surface area contributed by atoms with E-state index < -0.39 is 0 Å². The summed E-state index contributed by atoms with van der Waals surface area (Å²) in [5, 5.41) is 0. The summed E-state index contributed by atoms with van der Waals surface area (Å²) in [5.74, 6) is 1.70. The van der Waals surface area contributed by atoms with Gasteiger partial charge in [0.15, 0.2) is 0 Å². The van der Waals surface area contributed by atoms with Crippen molar-refractivity contribution in [1.29, 1.82) is 0 Å². The van der Waals surface area contributed by atoms with E-state index in [0.29, 0.717) is 13.0 Å². The van der Waals surface area contributed by atoms with Crippen LogP contribution >= 0.6 is 0 Å². The number of hydrogen-bond acceptors (Lipinski definition) is 4. The molecule has 2 aliphatic rings. The lowest BCUT2D eigenvalue weighted by atomic mass is 10.0. The molecule has 7 heteroatoms. The number of piperidine rings is 1. The van der Waals surface area contributed by atoms with Crippen LogP contribution in [0.2, 0.25) is 0 Å². The van der Waals surface area contributed by atoms with Crippen molar-refractivity contribution < 1.29 is 14.3 Å². The van der Waals surface area contributed by atoms with E-state index in [9.17, 15) is 9.59 Å². The second-order valence-corrected chi connectivity index (χ2v) is 9.08. The third kappa shape index (κ3) is 4.08. The molecule has 0 bridgehead atoms. The molecule has 2 amide bonds. The fourth-order valence-corrected chi connectivity index (χ4v) is 5.16. The maximum atomic E-state index is 13.3. The van der Waals surface area contributed by atoms with Gasteiger partial charge < -0.3 is 19.1 Å². The van der Waals surface area contributed by atoms with E-state index in [0.717, 1.165) is 47.7 Å². The minimum atomic E-state index is -0.0708. The summed E-state index contributed by atoms with van der Waals surface area (Å²) in [7, 11) is 1.63. The number of amides is 2. The molecule has 0 saturated carbocycles. The Morgan fingerprint density at radius 1 is 1.12 bits per heavy atom. The first kappa shape index (κ1) is 21.5. The van der Waals surface area contributed by atoms with Crippen LogP contribution in [0.1, 0.15) is 44.3 Å². The first-order valence-electron chi connectivity index (χ1n) is 11.7. The quantitative estimate of drug-likeness (QED) is 0.595. The lowest BCUT2D eigenvalue weighted by Gasteiger charge is -2.33. The van der Waals surface area contributed by atoms with Gasteiger partial charge in [-0.15, -0.1) is 0 Å². The van der Waals surface area contributed by atoms with Gasteiger partial charge in [-0.1, -0.05) is 12.1 Å². The number of ether oxygens (including phenoxy) is 1. The molecule has 33 heavy (non-hydrogen) atoms. The lowest BCUT2D eigenvalue weighted by Crippen LogP contribution is -2.43. The van der Waals surface area contributed by atoms with Crippen LogP contribution in [-0.4, -0.2) is 52.5 Å². The van der Waals surface area contributed by atoms with E-state index in [1.165, 1.54) is 6.42 Å². The molecule has 3 heterocycles. The summed E-state index contributed by atoms with van der Waals surface area (Å²) in [4.78, 5) is 34.9. The number of aromatic nitrogens is 2. The lowest BCUT2D eigenvalue weighted by molar-refractivity contribution is -0.135. The highest BCUT2D eigenvalue weighted by molar-refractivity contribution is 5.96. The van der Waals surface area contributed by atoms with E-state index in [1.54, 1.807) is 7.11 Å². The molecule has 0 aliphatic carbocycles. The predicted molar refractivity (Wildman–Crippen MR) is 127 cm³/mol. The van der Waals surface area contributed by atoms with Crippen LogP contribution < -0.4 is 9.64 Å². The van der Waals surface area contributed by atoms with Crippen molar-refractivity contribution in [3.8, 4) is 5.75 Å². The summed E-state index contributed by atoms with van der Waals surface area (Å²) in [6.45, 7) is 3.75. The Morgan fingerprint density at radius 2 is 1.91 bits per heavy atom. The average molecular weight is 447 g/mol. The minimum absolute atomic E-state index is 0.0692. The first-order chi connectivity index (χ1) is 16.0. The standard InChI is InChI=1S/C26H30N4O3/c1-18-7-5-6-14-28(18)25(32)17-30-23-9-4-3-8-22(23)27-26(30)19-15-24(31)29(16-19)20-10-12-21(33-2)13-11-20/h3-4,8-13,18-19H,5-7,14-17H2,1-2H3. The fraction of sp³-hybridized carbons (Fsp3) is 0.423. The van der Waals surface area contributed by atoms with Crippen molar-refractivity contribution in [2.75, 3.05) is 25.1 Å². The van der Waals surface area contributed by atoms with Crippen molar-refractivity contribution in [2.45, 2.75) is 51.1 Å². The number of likely N-dealkylation sites (tertiary alicyclic amines) is 1. The van der Waals surface area contributed by atoms with Gasteiger partial charge in [-0.3, -0.25) is 9.59 Å². The molecule has 2 aliphatic heterocycles. The van der Waals surface area contributed by atoms with Gasteiger partial charge in [0.25, 0.3) is 0 Å². The van der Waals surface area contributed by atoms with E-state index in [-0.39, 0.29) is 30.3 Å². The van der Waals surface area contributed by atoms with Gasteiger partial charge in [-0.25, -0.2) is 4.98 Å². The highest BCUT2D eigenvalue weighted by atomic mass is 16.5. The summed E-state index contributed by atoms with van der Waals surface area (Å²) >= 11 is 0. The first-order valence-corrected chi connectivity index (χ1v) is 11.7. The van der Waals surface area contributed by atoms with Crippen molar-refractivity contribution in [2.24, 2.45) is 0 Å². The molecule has 2 unspecified atom stereocenters. The number of fused-ring (bicyclic) bond motifs is 1. The number of para-hydroxylation sites is 2. The molecule has 3 aromatic rings. The molecule has 0 N–H and O–H groups in total. The third-order valence-corrected chi connectivity index (χ3v) is 6.98. The summed E-state index contributed by atoms with van der Waals surface area (Å²) in [6, 6.07) is 15.7. The third-order valence-electron chi connectivity index (χ3n) is 6.98. The van der Waals surface area contributed by atoms with Gasteiger partial charge in [0, 0.05) is 37.2 Å². The summed E-state index contributed by atoms with van der Waals surface area (Å²) < 4.78 is 7.28. The van der Waals surface area contributed by atoms with Gasteiger partial charge in [0.2, 0.25) is 11.8 Å². The molecule has 0 radical (unpaired) electrons. The Balaban J connectivity index is 1.44. The zero-order valence-corrected chi connectivity index (χ0v) is 19.2. The largest absolute Gasteiger partial charge is 0.497 e. The van der Waals surface area contributed by atoms with Crippen LogP contribution in [0.15, 0.2) is 48.5 Å². The van der Waals surface area contributed by atoms with Crippen LogP contribution in [0, 0.1) is 0 Å². The number of benzene rings is 2. The zero-order chi connectivity index (χ0) is 22.9. The minimum Gasteiger partial charge on any atom is -0.497 e.